The highest BCUT2D eigenvalue weighted by molar-refractivity contribution is 7.99. The van der Waals surface area contributed by atoms with E-state index >= 15 is 0 Å². The molecule has 0 aromatic carbocycles. The van der Waals surface area contributed by atoms with Crippen LogP contribution in [-0.2, 0) is 7.05 Å². The molecular weight excluding hydrogens is 250 g/mol. The van der Waals surface area contributed by atoms with Gasteiger partial charge < -0.3 is 4.57 Å². The number of rotatable bonds is 3. The molecule has 0 amide bonds. The summed E-state index contributed by atoms with van der Waals surface area (Å²) in [6.07, 6.45) is 3.49. The number of aromatic nitrogens is 5. The Morgan fingerprint density at radius 3 is 2.94 bits per heavy atom. The summed E-state index contributed by atoms with van der Waals surface area (Å²) in [6, 6.07) is 0. The fourth-order valence-electron chi connectivity index (χ4n) is 0.991. The van der Waals surface area contributed by atoms with Crippen LogP contribution >= 0.6 is 23.4 Å². The van der Waals surface area contributed by atoms with Crippen molar-refractivity contribution in [2.24, 2.45) is 7.05 Å². The van der Waals surface area contributed by atoms with Crippen LogP contribution in [0.5, 0.6) is 0 Å². The molecule has 0 aliphatic carbocycles. The molecule has 0 saturated heterocycles. The molecule has 2 aromatic rings. The van der Waals surface area contributed by atoms with Crippen molar-refractivity contribution in [2.45, 2.75) is 10.2 Å². The van der Waals surface area contributed by atoms with Gasteiger partial charge in [-0.3, -0.25) is 4.79 Å². The van der Waals surface area contributed by atoms with Gasteiger partial charge in [-0.25, -0.2) is 9.97 Å². The summed E-state index contributed by atoms with van der Waals surface area (Å²) in [5.74, 6) is 0. The Bertz CT molecular complexity index is 529. The first-order valence-electron chi connectivity index (χ1n) is 4.20. The minimum Gasteiger partial charge on any atom is -0.311 e. The van der Waals surface area contributed by atoms with E-state index in [0.29, 0.717) is 16.5 Å². The number of aldehydes is 1. The molecule has 16 heavy (non-hydrogen) atoms. The van der Waals surface area contributed by atoms with Gasteiger partial charge in [0, 0.05) is 7.05 Å². The summed E-state index contributed by atoms with van der Waals surface area (Å²) in [5, 5.41) is 8.82. The van der Waals surface area contributed by atoms with Crippen LogP contribution in [0, 0.1) is 0 Å². The zero-order chi connectivity index (χ0) is 11.5. The molecule has 0 N–H and O–H groups in total. The number of aryl methyl sites for hydroxylation is 1. The topological polar surface area (TPSA) is 73.6 Å². The van der Waals surface area contributed by atoms with Gasteiger partial charge in [0.25, 0.3) is 0 Å². The van der Waals surface area contributed by atoms with Crippen molar-refractivity contribution < 1.29 is 4.79 Å². The number of hydrogen-bond acceptors (Lipinski definition) is 6. The summed E-state index contributed by atoms with van der Waals surface area (Å²) in [4.78, 5) is 18.6. The third-order valence-electron chi connectivity index (χ3n) is 1.77. The minimum atomic E-state index is 0.134. The largest absolute Gasteiger partial charge is 0.311 e. The highest BCUT2D eigenvalue weighted by Crippen LogP contribution is 2.28. The van der Waals surface area contributed by atoms with Gasteiger partial charge in [-0.1, -0.05) is 11.6 Å². The van der Waals surface area contributed by atoms with E-state index in [-0.39, 0.29) is 10.7 Å². The number of hydrogen-bond donors (Lipinski definition) is 0. The normalized spacial score (nSPS) is 10.4. The van der Waals surface area contributed by atoms with Gasteiger partial charge in [-0.05, 0) is 11.8 Å². The summed E-state index contributed by atoms with van der Waals surface area (Å²) in [5.41, 5.74) is 0.261. The quantitative estimate of drug-likeness (QED) is 0.607. The second-order valence-corrected chi connectivity index (χ2v) is 4.14. The summed E-state index contributed by atoms with van der Waals surface area (Å²) < 4.78 is 1.72. The molecule has 0 aliphatic rings. The average Bonchev–Trinajstić information content (AvgIpc) is 2.65. The van der Waals surface area contributed by atoms with Crippen LogP contribution in [0.25, 0.3) is 0 Å². The molecule has 2 rings (SSSR count). The highest BCUT2D eigenvalue weighted by atomic mass is 35.5. The van der Waals surface area contributed by atoms with Crippen molar-refractivity contribution in [1.29, 1.82) is 0 Å². The Balaban J connectivity index is 2.38. The van der Waals surface area contributed by atoms with Crippen LogP contribution in [0.4, 0.5) is 0 Å². The van der Waals surface area contributed by atoms with Crippen molar-refractivity contribution in [1.82, 2.24) is 24.7 Å². The first-order valence-corrected chi connectivity index (χ1v) is 5.39. The first kappa shape index (κ1) is 11.0. The van der Waals surface area contributed by atoms with E-state index < -0.39 is 0 Å². The van der Waals surface area contributed by atoms with Crippen LogP contribution in [-0.4, -0.2) is 31.0 Å². The van der Waals surface area contributed by atoms with Crippen LogP contribution < -0.4 is 0 Å². The SMILES string of the molecule is Cn1cnnc1Sc1ncnc(Cl)c1C=O. The zero-order valence-corrected chi connectivity index (χ0v) is 9.74. The molecule has 0 spiro atoms. The number of nitrogens with zero attached hydrogens (tertiary/aromatic N) is 5. The van der Waals surface area contributed by atoms with E-state index in [4.69, 9.17) is 11.6 Å². The van der Waals surface area contributed by atoms with E-state index in [1.807, 2.05) is 0 Å². The van der Waals surface area contributed by atoms with Gasteiger partial charge in [-0.15, -0.1) is 10.2 Å². The first-order chi connectivity index (χ1) is 7.72. The molecule has 82 valence electrons. The van der Waals surface area contributed by atoms with Gasteiger partial charge in [-0.2, -0.15) is 0 Å². The fraction of sp³-hybridized carbons (Fsp3) is 0.125. The monoisotopic (exact) mass is 255 g/mol. The standard InChI is InChI=1S/C8H6ClN5OS/c1-14-4-12-13-8(14)16-7-5(2-15)6(9)10-3-11-7/h2-4H,1H3. The Morgan fingerprint density at radius 2 is 2.31 bits per heavy atom. The van der Waals surface area contributed by atoms with Crippen molar-refractivity contribution in [3.8, 4) is 0 Å². The Labute approximate surface area is 100 Å². The number of halogens is 1. The molecule has 2 heterocycles. The summed E-state index contributed by atoms with van der Waals surface area (Å²) in [6.45, 7) is 0. The van der Waals surface area contributed by atoms with Crippen molar-refractivity contribution in [2.75, 3.05) is 0 Å². The molecule has 8 heteroatoms. The van der Waals surface area contributed by atoms with Crippen LogP contribution in [0.15, 0.2) is 22.8 Å². The lowest BCUT2D eigenvalue weighted by atomic mass is 10.4. The molecule has 0 radical (unpaired) electrons. The molecule has 0 aliphatic heterocycles. The van der Waals surface area contributed by atoms with E-state index in [2.05, 4.69) is 20.2 Å². The predicted octanol–water partition coefficient (Wildman–Crippen LogP) is 1.22. The maximum atomic E-state index is 10.8. The fourth-order valence-corrected chi connectivity index (χ4v) is 2.03. The lowest BCUT2D eigenvalue weighted by molar-refractivity contribution is 0.112. The second kappa shape index (κ2) is 4.58. The molecule has 0 atom stereocenters. The van der Waals surface area contributed by atoms with Gasteiger partial charge in [0.15, 0.2) is 11.4 Å². The Kier molecular flexibility index (Phi) is 3.16. The van der Waals surface area contributed by atoms with Gasteiger partial charge in [0.1, 0.15) is 22.8 Å². The molecule has 0 saturated carbocycles. The predicted molar refractivity (Wildman–Crippen MR) is 57.6 cm³/mol. The van der Waals surface area contributed by atoms with Gasteiger partial charge >= 0.3 is 0 Å². The number of carbonyl (C=O) groups excluding carboxylic acids is 1. The van der Waals surface area contributed by atoms with Gasteiger partial charge in [0.05, 0.1) is 5.56 Å². The van der Waals surface area contributed by atoms with Crippen molar-refractivity contribution in [3.63, 3.8) is 0 Å². The molecule has 0 fully saturated rings. The van der Waals surface area contributed by atoms with Crippen LogP contribution in [0.2, 0.25) is 5.15 Å². The van der Waals surface area contributed by atoms with E-state index in [1.165, 1.54) is 18.1 Å². The summed E-state index contributed by atoms with van der Waals surface area (Å²) >= 11 is 6.98. The minimum absolute atomic E-state index is 0.134. The lowest BCUT2D eigenvalue weighted by Crippen LogP contribution is -1.96. The van der Waals surface area contributed by atoms with Crippen molar-refractivity contribution >= 4 is 29.6 Å². The Hall–Kier alpha value is -1.47. The van der Waals surface area contributed by atoms with E-state index in [0.717, 1.165) is 0 Å². The van der Waals surface area contributed by atoms with E-state index in [1.54, 1.807) is 17.9 Å². The Morgan fingerprint density at radius 1 is 1.50 bits per heavy atom. The highest BCUT2D eigenvalue weighted by Gasteiger charge is 2.12. The molecule has 0 unspecified atom stereocenters. The second-order valence-electron chi connectivity index (χ2n) is 2.83. The maximum Gasteiger partial charge on any atom is 0.197 e. The lowest BCUT2D eigenvalue weighted by Gasteiger charge is -2.02. The third-order valence-corrected chi connectivity index (χ3v) is 3.15. The number of carbonyl (C=O) groups is 1. The van der Waals surface area contributed by atoms with Crippen LogP contribution in [0.1, 0.15) is 10.4 Å². The van der Waals surface area contributed by atoms with E-state index in [9.17, 15) is 4.79 Å². The molecule has 0 bridgehead atoms. The van der Waals surface area contributed by atoms with Gasteiger partial charge in [0.2, 0.25) is 0 Å². The molecular formula is C8H6ClN5OS. The summed E-state index contributed by atoms with van der Waals surface area (Å²) in [7, 11) is 1.80. The smallest absolute Gasteiger partial charge is 0.197 e. The van der Waals surface area contributed by atoms with Crippen LogP contribution in [0.3, 0.4) is 0 Å². The maximum absolute atomic E-state index is 10.8. The third kappa shape index (κ3) is 2.05. The zero-order valence-electron chi connectivity index (χ0n) is 8.16. The van der Waals surface area contributed by atoms with Crippen molar-refractivity contribution in [3.05, 3.63) is 23.4 Å². The molecule has 6 nitrogen and oxygen atoms in total. The average molecular weight is 256 g/mol. The molecule has 2 aromatic heterocycles.